The van der Waals surface area contributed by atoms with E-state index in [4.69, 9.17) is 11.0 Å². The first-order chi connectivity index (χ1) is 8.72. The molecule has 0 aromatic heterocycles. The molecule has 1 aromatic carbocycles. The van der Waals surface area contributed by atoms with Gasteiger partial charge in [-0.3, -0.25) is 4.79 Å². The van der Waals surface area contributed by atoms with Crippen LogP contribution in [-0.4, -0.2) is 17.4 Å². The molecular weight excluding hydrogens is 226 g/mol. The number of benzene rings is 1. The van der Waals surface area contributed by atoms with Crippen molar-refractivity contribution < 1.29 is 4.79 Å². The van der Waals surface area contributed by atoms with Crippen molar-refractivity contribution >= 4 is 5.91 Å². The summed E-state index contributed by atoms with van der Waals surface area (Å²) in [6.07, 6.45) is 1.71. The van der Waals surface area contributed by atoms with Gasteiger partial charge in [0, 0.05) is 18.8 Å². The minimum atomic E-state index is -0.632. The molecule has 0 aliphatic carbocycles. The first kappa shape index (κ1) is 12.2. The molecule has 0 unspecified atom stereocenters. The van der Waals surface area contributed by atoms with Crippen LogP contribution in [0.25, 0.3) is 0 Å². The molecule has 1 amide bonds. The summed E-state index contributed by atoms with van der Waals surface area (Å²) in [6, 6.07) is 11.9. The predicted molar refractivity (Wildman–Crippen MR) is 67.9 cm³/mol. The Morgan fingerprint density at radius 2 is 2.11 bits per heavy atom. The van der Waals surface area contributed by atoms with Gasteiger partial charge in [-0.15, -0.1) is 0 Å². The molecular formula is C14H15N3O. The number of hydrogen-bond donors (Lipinski definition) is 1. The van der Waals surface area contributed by atoms with Crippen LogP contribution in [0, 0.1) is 11.3 Å². The van der Waals surface area contributed by atoms with E-state index in [0.717, 1.165) is 25.1 Å². The third kappa shape index (κ3) is 2.51. The largest absolute Gasteiger partial charge is 0.369 e. The van der Waals surface area contributed by atoms with Gasteiger partial charge in [0.05, 0.1) is 0 Å². The predicted octanol–water partition coefficient (Wildman–Crippen LogP) is 1.55. The van der Waals surface area contributed by atoms with Gasteiger partial charge in [0.2, 0.25) is 0 Å². The van der Waals surface area contributed by atoms with E-state index in [2.05, 4.69) is 4.90 Å². The Morgan fingerprint density at radius 3 is 2.72 bits per heavy atom. The number of carbonyl (C=O) groups excluding carboxylic acids is 1. The zero-order valence-electron chi connectivity index (χ0n) is 10.1. The summed E-state index contributed by atoms with van der Waals surface area (Å²) >= 11 is 0. The van der Waals surface area contributed by atoms with Crippen LogP contribution in [-0.2, 0) is 11.3 Å². The number of allylic oxidation sites excluding steroid dienone is 1. The smallest absolute Gasteiger partial charge is 0.261 e. The molecule has 1 saturated heterocycles. The van der Waals surface area contributed by atoms with E-state index in [9.17, 15) is 4.79 Å². The maximum atomic E-state index is 11.2. The highest BCUT2D eigenvalue weighted by atomic mass is 16.1. The third-order valence-electron chi connectivity index (χ3n) is 3.09. The highest BCUT2D eigenvalue weighted by Gasteiger charge is 2.23. The molecule has 0 saturated carbocycles. The van der Waals surface area contributed by atoms with Gasteiger partial charge in [-0.2, -0.15) is 5.26 Å². The minimum absolute atomic E-state index is 0.100. The van der Waals surface area contributed by atoms with Gasteiger partial charge >= 0.3 is 0 Å². The number of amides is 1. The van der Waals surface area contributed by atoms with E-state index < -0.39 is 5.91 Å². The van der Waals surface area contributed by atoms with Crippen LogP contribution in [0.1, 0.15) is 18.4 Å². The molecule has 1 aliphatic rings. The second-order valence-corrected chi connectivity index (χ2v) is 4.31. The summed E-state index contributed by atoms with van der Waals surface area (Å²) in [7, 11) is 0. The lowest BCUT2D eigenvalue weighted by molar-refractivity contribution is -0.114. The fourth-order valence-corrected chi connectivity index (χ4v) is 2.25. The second kappa shape index (κ2) is 5.37. The Bertz CT molecular complexity index is 514. The molecule has 0 radical (unpaired) electrons. The Labute approximate surface area is 106 Å². The van der Waals surface area contributed by atoms with Crippen molar-refractivity contribution in [1.82, 2.24) is 4.90 Å². The molecule has 4 nitrogen and oxygen atoms in total. The normalized spacial score (nSPS) is 17.4. The van der Waals surface area contributed by atoms with E-state index in [1.807, 2.05) is 36.4 Å². The van der Waals surface area contributed by atoms with Crippen molar-refractivity contribution in [2.75, 3.05) is 6.54 Å². The zero-order chi connectivity index (χ0) is 13.0. The van der Waals surface area contributed by atoms with E-state index in [1.165, 1.54) is 5.56 Å². The van der Waals surface area contributed by atoms with Crippen molar-refractivity contribution in [1.29, 1.82) is 5.26 Å². The van der Waals surface area contributed by atoms with E-state index in [1.54, 1.807) is 0 Å². The molecule has 18 heavy (non-hydrogen) atoms. The Kier molecular flexibility index (Phi) is 3.63. The molecule has 92 valence electrons. The number of nitrogens with zero attached hydrogens (tertiary/aromatic N) is 2. The molecule has 4 heteroatoms. The number of nitrogens with two attached hydrogens (primary N) is 1. The summed E-state index contributed by atoms with van der Waals surface area (Å²) in [6.45, 7) is 1.58. The van der Waals surface area contributed by atoms with Crippen molar-refractivity contribution in [2.24, 2.45) is 5.73 Å². The van der Waals surface area contributed by atoms with Crippen LogP contribution >= 0.6 is 0 Å². The molecule has 2 N–H and O–H groups in total. The maximum absolute atomic E-state index is 11.2. The van der Waals surface area contributed by atoms with Gasteiger partial charge in [-0.05, 0) is 18.4 Å². The lowest BCUT2D eigenvalue weighted by Crippen LogP contribution is -2.23. The van der Waals surface area contributed by atoms with Crippen LogP contribution in [0.15, 0.2) is 41.6 Å². The van der Waals surface area contributed by atoms with Gasteiger partial charge < -0.3 is 10.6 Å². The maximum Gasteiger partial charge on any atom is 0.261 e. The Hall–Kier alpha value is -2.28. The second-order valence-electron chi connectivity index (χ2n) is 4.31. The topological polar surface area (TPSA) is 70.1 Å². The van der Waals surface area contributed by atoms with E-state index in [0.29, 0.717) is 6.54 Å². The average Bonchev–Trinajstić information content (AvgIpc) is 2.79. The fraction of sp³-hybridized carbons (Fsp3) is 0.286. The van der Waals surface area contributed by atoms with Crippen molar-refractivity contribution in [3.8, 4) is 6.07 Å². The summed E-state index contributed by atoms with van der Waals surface area (Å²) in [5, 5.41) is 9.01. The van der Waals surface area contributed by atoms with Gasteiger partial charge in [-0.1, -0.05) is 30.3 Å². The number of rotatable bonds is 3. The highest BCUT2D eigenvalue weighted by molar-refractivity contribution is 5.96. The molecule has 1 fully saturated rings. The molecule has 1 heterocycles. The summed E-state index contributed by atoms with van der Waals surface area (Å²) < 4.78 is 0. The number of hydrogen-bond acceptors (Lipinski definition) is 3. The number of primary amides is 1. The molecule has 1 aromatic rings. The lowest BCUT2D eigenvalue weighted by Gasteiger charge is -2.20. The summed E-state index contributed by atoms with van der Waals surface area (Å²) in [5.74, 6) is -0.632. The van der Waals surface area contributed by atoms with Crippen molar-refractivity contribution in [3.05, 3.63) is 47.2 Å². The SMILES string of the molecule is N#CC(C(N)=O)=C1CCCN1Cc1ccccc1. The molecule has 0 spiro atoms. The summed E-state index contributed by atoms with van der Waals surface area (Å²) in [4.78, 5) is 13.3. The van der Waals surface area contributed by atoms with Gasteiger partial charge in [0.1, 0.15) is 11.6 Å². The monoisotopic (exact) mass is 241 g/mol. The number of likely N-dealkylation sites (tertiary alicyclic amines) is 1. The standard InChI is InChI=1S/C14H15N3O/c15-9-12(14(16)18)13-7-4-8-17(13)10-11-5-2-1-3-6-11/h1-3,5-6H,4,7-8,10H2,(H2,16,18). The van der Waals surface area contributed by atoms with Crippen LogP contribution < -0.4 is 5.73 Å². The van der Waals surface area contributed by atoms with Gasteiger partial charge in [0.25, 0.3) is 5.91 Å². The van der Waals surface area contributed by atoms with Crippen LogP contribution in [0.4, 0.5) is 0 Å². The number of carbonyl (C=O) groups is 1. The average molecular weight is 241 g/mol. The third-order valence-corrected chi connectivity index (χ3v) is 3.09. The highest BCUT2D eigenvalue weighted by Crippen LogP contribution is 2.26. The quantitative estimate of drug-likeness (QED) is 0.644. The molecule has 0 atom stereocenters. The first-order valence-corrected chi connectivity index (χ1v) is 5.94. The minimum Gasteiger partial charge on any atom is -0.369 e. The van der Waals surface area contributed by atoms with Crippen molar-refractivity contribution in [2.45, 2.75) is 19.4 Å². The lowest BCUT2D eigenvalue weighted by atomic mass is 10.1. The Balaban J connectivity index is 2.24. The zero-order valence-corrected chi connectivity index (χ0v) is 10.1. The van der Waals surface area contributed by atoms with Crippen LogP contribution in [0.2, 0.25) is 0 Å². The van der Waals surface area contributed by atoms with Crippen LogP contribution in [0.3, 0.4) is 0 Å². The molecule has 1 aliphatic heterocycles. The first-order valence-electron chi connectivity index (χ1n) is 5.94. The van der Waals surface area contributed by atoms with Gasteiger partial charge in [-0.25, -0.2) is 0 Å². The van der Waals surface area contributed by atoms with Crippen LogP contribution in [0.5, 0.6) is 0 Å². The Morgan fingerprint density at radius 1 is 1.39 bits per heavy atom. The van der Waals surface area contributed by atoms with E-state index in [-0.39, 0.29) is 5.57 Å². The molecule has 2 rings (SSSR count). The summed E-state index contributed by atoms with van der Waals surface area (Å²) in [5.41, 5.74) is 7.29. The fourth-order valence-electron chi connectivity index (χ4n) is 2.25. The van der Waals surface area contributed by atoms with E-state index >= 15 is 0 Å². The van der Waals surface area contributed by atoms with Gasteiger partial charge in [0.15, 0.2) is 0 Å². The van der Waals surface area contributed by atoms with Crippen molar-refractivity contribution in [3.63, 3.8) is 0 Å². The number of nitriles is 1. The molecule has 0 bridgehead atoms.